The number of hydrogen-bond acceptors (Lipinski definition) is 4. The van der Waals surface area contributed by atoms with Crippen molar-refractivity contribution in [2.24, 2.45) is 0 Å². The highest BCUT2D eigenvalue weighted by molar-refractivity contribution is 5.66. The van der Waals surface area contributed by atoms with Crippen molar-refractivity contribution in [1.82, 2.24) is 9.97 Å². The van der Waals surface area contributed by atoms with Gasteiger partial charge in [0.2, 0.25) is 5.95 Å². The van der Waals surface area contributed by atoms with Crippen LogP contribution >= 0.6 is 0 Å². The summed E-state index contributed by atoms with van der Waals surface area (Å²) in [5.41, 5.74) is 4.06. The number of benzene rings is 2. The molecule has 0 fully saturated rings. The van der Waals surface area contributed by atoms with E-state index in [0.29, 0.717) is 5.95 Å². The largest absolute Gasteiger partial charge is 0.365 e. The third kappa shape index (κ3) is 4.80. The van der Waals surface area contributed by atoms with Crippen molar-refractivity contribution in [3.63, 3.8) is 0 Å². The predicted octanol–water partition coefficient (Wildman–Crippen LogP) is 5.41. The number of aromatic nitrogens is 2. The van der Waals surface area contributed by atoms with Crippen LogP contribution in [0.1, 0.15) is 26.3 Å². The highest BCUT2D eigenvalue weighted by atomic mass is 15.2. The van der Waals surface area contributed by atoms with Crippen LogP contribution in [-0.4, -0.2) is 15.5 Å². The zero-order valence-corrected chi connectivity index (χ0v) is 15.2. The smallest absolute Gasteiger partial charge is 0.229 e. The maximum atomic E-state index is 4.69. The van der Waals surface area contributed by atoms with Crippen LogP contribution in [0.25, 0.3) is 11.3 Å². The minimum Gasteiger partial charge on any atom is -0.365 e. The molecule has 0 atom stereocenters. The molecule has 0 aliphatic rings. The molecule has 1 aromatic heterocycles. The molecule has 0 saturated heterocycles. The Hall–Kier alpha value is -2.88. The van der Waals surface area contributed by atoms with Crippen molar-refractivity contribution in [3.05, 3.63) is 66.2 Å². The van der Waals surface area contributed by atoms with Crippen molar-refractivity contribution >= 4 is 17.5 Å². The molecule has 1 heterocycles. The van der Waals surface area contributed by atoms with E-state index in [1.165, 1.54) is 5.56 Å². The average molecular weight is 332 g/mol. The van der Waals surface area contributed by atoms with Crippen molar-refractivity contribution < 1.29 is 0 Å². The van der Waals surface area contributed by atoms with Crippen LogP contribution in [0.4, 0.5) is 17.5 Å². The van der Waals surface area contributed by atoms with E-state index in [1.54, 1.807) is 0 Å². The van der Waals surface area contributed by atoms with Gasteiger partial charge < -0.3 is 10.6 Å². The van der Waals surface area contributed by atoms with Gasteiger partial charge in [0, 0.05) is 22.9 Å². The van der Waals surface area contributed by atoms with Gasteiger partial charge in [-0.3, -0.25) is 0 Å². The van der Waals surface area contributed by atoms with Gasteiger partial charge in [-0.1, -0.05) is 48.0 Å². The Balaban J connectivity index is 1.98. The topological polar surface area (TPSA) is 49.8 Å². The molecule has 4 nitrogen and oxygen atoms in total. The Morgan fingerprint density at radius 1 is 0.840 bits per heavy atom. The van der Waals surface area contributed by atoms with Gasteiger partial charge in [-0.15, -0.1) is 0 Å². The summed E-state index contributed by atoms with van der Waals surface area (Å²) in [6, 6.07) is 20.3. The van der Waals surface area contributed by atoms with Crippen molar-refractivity contribution in [2.75, 3.05) is 10.6 Å². The van der Waals surface area contributed by atoms with E-state index in [-0.39, 0.29) is 5.54 Å². The maximum Gasteiger partial charge on any atom is 0.229 e. The first kappa shape index (κ1) is 17.0. The summed E-state index contributed by atoms with van der Waals surface area (Å²) in [7, 11) is 0. The number of nitrogens with zero attached hydrogens (tertiary/aromatic N) is 2. The molecule has 0 saturated carbocycles. The fourth-order valence-electron chi connectivity index (χ4n) is 2.47. The molecule has 0 spiro atoms. The molecule has 0 radical (unpaired) electrons. The first-order valence-electron chi connectivity index (χ1n) is 8.45. The van der Waals surface area contributed by atoms with Gasteiger partial charge in [-0.25, -0.2) is 4.98 Å². The van der Waals surface area contributed by atoms with Crippen molar-refractivity contribution in [1.29, 1.82) is 0 Å². The van der Waals surface area contributed by atoms with Crippen LogP contribution in [0.15, 0.2) is 60.7 Å². The number of hydrogen-bond donors (Lipinski definition) is 2. The lowest BCUT2D eigenvalue weighted by Gasteiger charge is -2.22. The first-order valence-corrected chi connectivity index (χ1v) is 8.45. The van der Waals surface area contributed by atoms with E-state index < -0.39 is 0 Å². The van der Waals surface area contributed by atoms with Gasteiger partial charge in [0.1, 0.15) is 5.82 Å². The number of aryl methyl sites for hydroxylation is 1. The quantitative estimate of drug-likeness (QED) is 0.671. The highest BCUT2D eigenvalue weighted by Crippen LogP contribution is 2.24. The van der Waals surface area contributed by atoms with Crippen molar-refractivity contribution in [3.8, 4) is 11.3 Å². The summed E-state index contributed by atoms with van der Waals surface area (Å²) in [6.45, 7) is 8.42. The van der Waals surface area contributed by atoms with E-state index in [2.05, 4.69) is 72.6 Å². The summed E-state index contributed by atoms with van der Waals surface area (Å²) >= 11 is 0. The first-order chi connectivity index (χ1) is 11.9. The molecular formula is C21H24N4. The van der Waals surface area contributed by atoms with Gasteiger partial charge in [0.05, 0.1) is 5.69 Å². The zero-order valence-electron chi connectivity index (χ0n) is 15.2. The van der Waals surface area contributed by atoms with E-state index in [1.807, 2.05) is 36.4 Å². The van der Waals surface area contributed by atoms with E-state index >= 15 is 0 Å². The molecule has 0 aliphatic heterocycles. The third-order valence-corrected chi connectivity index (χ3v) is 3.61. The van der Waals surface area contributed by atoms with Crippen LogP contribution in [-0.2, 0) is 0 Å². The minimum absolute atomic E-state index is 0.0799. The lowest BCUT2D eigenvalue weighted by atomic mass is 10.1. The van der Waals surface area contributed by atoms with E-state index in [4.69, 9.17) is 0 Å². The molecule has 2 N–H and O–H groups in total. The van der Waals surface area contributed by atoms with Crippen LogP contribution in [0.2, 0.25) is 0 Å². The lowest BCUT2D eigenvalue weighted by Crippen LogP contribution is -2.26. The third-order valence-electron chi connectivity index (χ3n) is 3.61. The van der Waals surface area contributed by atoms with Gasteiger partial charge in [-0.05, 0) is 39.8 Å². The van der Waals surface area contributed by atoms with Crippen LogP contribution in [0, 0.1) is 6.92 Å². The van der Waals surface area contributed by atoms with Gasteiger partial charge in [-0.2, -0.15) is 4.98 Å². The molecule has 3 rings (SSSR count). The van der Waals surface area contributed by atoms with Gasteiger partial charge in [0.25, 0.3) is 0 Å². The summed E-state index contributed by atoms with van der Waals surface area (Å²) in [5.74, 6) is 1.38. The Morgan fingerprint density at radius 3 is 2.16 bits per heavy atom. The average Bonchev–Trinajstić information content (AvgIpc) is 2.56. The fraction of sp³-hybridized carbons (Fsp3) is 0.238. The number of nitrogens with one attached hydrogen (secondary N) is 2. The van der Waals surface area contributed by atoms with Crippen LogP contribution in [0.5, 0.6) is 0 Å². The van der Waals surface area contributed by atoms with Crippen molar-refractivity contribution in [2.45, 2.75) is 33.2 Å². The number of rotatable bonds is 4. The fourth-order valence-corrected chi connectivity index (χ4v) is 2.47. The molecular weight excluding hydrogens is 308 g/mol. The lowest BCUT2D eigenvalue weighted by molar-refractivity contribution is 0.630. The Labute approximate surface area is 149 Å². The molecule has 0 bridgehead atoms. The molecule has 4 heteroatoms. The molecule has 0 amide bonds. The molecule has 3 aromatic rings. The zero-order chi connectivity index (χ0) is 17.9. The van der Waals surface area contributed by atoms with Crippen LogP contribution < -0.4 is 10.6 Å². The SMILES string of the molecule is Cc1ccc(Nc2nc(NC(C)(C)C)cc(-c3ccccc3)n2)cc1. The Kier molecular flexibility index (Phi) is 4.70. The molecule has 2 aromatic carbocycles. The second-order valence-corrected chi connectivity index (χ2v) is 7.19. The predicted molar refractivity (Wildman–Crippen MR) is 105 cm³/mol. The summed E-state index contributed by atoms with van der Waals surface area (Å²) in [4.78, 5) is 9.32. The standard InChI is InChI=1S/C21H24N4/c1-15-10-12-17(13-11-15)22-20-23-18(16-8-6-5-7-9-16)14-19(24-20)25-21(2,3)4/h5-14H,1-4H3,(H2,22,23,24,25). The van der Waals surface area contributed by atoms with Crippen LogP contribution in [0.3, 0.4) is 0 Å². The normalized spacial score (nSPS) is 11.2. The van der Waals surface area contributed by atoms with Gasteiger partial charge in [0.15, 0.2) is 0 Å². The Bertz CT molecular complexity index is 834. The summed E-state index contributed by atoms with van der Waals surface area (Å²) in [5, 5.41) is 6.74. The molecule has 0 aliphatic carbocycles. The van der Waals surface area contributed by atoms with Gasteiger partial charge >= 0.3 is 0 Å². The summed E-state index contributed by atoms with van der Waals surface area (Å²) < 4.78 is 0. The monoisotopic (exact) mass is 332 g/mol. The second-order valence-electron chi connectivity index (χ2n) is 7.19. The minimum atomic E-state index is -0.0799. The summed E-state index contributed by atoms with van der Waals surface area (Å²) in [6.07, 6.45) is 0. The van der Waals surface area contributed by atoms with E-state index in [0.717, 1.165) is 22.8 Å². The molecule has 0 unspecified atom stereocenters. The van der Waals surface area contributed by atoms with E-state index in [9.17, 15) is 0 Å². The molecule has 128 valence electrons. The highest BCUT2D eigenvalue weighted by Gasteiger charge is 2.13. The maximum absolute atomic E-state index is 4.69. The second kappa shape index (κ2) is 6.93. The number of anilines is 3. The molecule has 25 heavy (non-hydrogen) atoms. The Morgan fingerprint density at radius 2 is 1.52 bits per heavy atom.